The van der Waals surface area contributed by atoms with E-state index in [4.69, 9.17) is 17.4 Å². The molecular formula is C16H14N3O2S. The molecule has 22 heavy (non-hydrogen) atoms. The summed E-state index contributed by atoms with van der Waals surface area (Å²) < 4.78 is 7.13. The molecule has 3 aliphatic rings. The molecule has 0 saturated carbocycles. The maximum atomic E-state index is 12.4. The first-order valence-corrected chi connectivity index (χ1v) is 7.60. The normalized spacial score (nSPS) is 24.3. The molecule has 1 aliphatic carbocycles. The average Bonchev–Trinajstić information content (AvgIpc) is 3.03. The average molecular weight is 312 g/mol. The van der Waals surface area contributed by atoms with Gasteiger partial charge in [-0.15, -0.1) is 0 Å². The zero-order chi connectivity index (χ0) is 15.3. The highest BCUT2D eigenvalue weighted by Gasteiger charge is 2.51. The Labute approximate surface area is 133 Å². The maximum Gasteiger partial charge on any atom is 0.355 e. The van der Waals surface area contributed by atoms with Gasteiger partial charge in [-0.3, -0.25) is 9.47 Å². The quantitative estimate of drug-likeness (QED) is 0.622. The second-order valence-corrected chi connectivity index (χ2v) is 5.67. The lowest BCUT2D eigenvalue weighted by Gasteiger charge is -2.38. The number of allylic oxidation sites excluding steroid dienone is 4. The third-order valence-corrected chi connectivity index (χ3v) is 4.37. The summed E-state index contributed by atoms with van der Waals surface area (Å²) >= 11 is 5.40. The Morgan fingerprint density at radius 3 is 3.18 bits per heavy atom. The Hall–Kier alpha value is -2.34. The van der Waals surface area contributed by atoms with Gasteiger partial charge in [0.1, 0.15) is 16.3 Å². The van der Waals surface area contributed by atoms with Gasteiger partial charge in [0.2, 0.25) is 5.95 Å². The Morgan fingerprint density at radius 1 is 1.50 bits per heavy atom. The summed E-state index contributed by atoms with van der Waals surface area (Å²) in [4.78, 5) is 18.7. The molecule has 0 bridgehead atoms. The summed E-state index contributed by atoms with van der Waals surface area (Å²) in [5.74, 6) is 0.304. The summed E-state index contributed by atoms with van der Waals surface area (Å²) in [6.45, 7) is 2.13. The molecule has 1 unspecified atom stereocenters. The molecule has 1 atom stereocenters. The van der Waals surface area contributed by atoms with E-state index < -0.39 is 5.54 Å². The van der Waals surface area contributed by atoms with Gasteiger partial charge >= 0.3 is 5.97 Å². The van der Waals surface area contributed by atoms with Crippen LogP contribution in [0.3, 0.4) is 0 Å². The van der Waals surface area contributed by atoms with Crippen LogP contribution in [-0.2, 0) is 9.53 Å². The third kappa shape index (κ3) is 1.53. The van der Waals surface area contributed by atoms with Crippen LogP contribution in [0.15, 0.2) is 53.4 Å². The largest absolute Gasteiger partial charge is 0.461 e. The number of carbonyl (C=O) groups excluding carboxylic acids is 1. The van der Waals surface area contributed by atoms with Crippen molar-refractivity contribution in [3.05, 3.63) is 48.4 Å². The first kappa shape index (κ1) is 13.3. The van der Waals surface area contributed by atoms with Gasteiger partial charge in [-0.2, -0.15) is 0 Å². The molecule has 1 aromatic heterocycles. The van der Waals surface area contributed by atoms with Crippen molar-refractivity contribution in [2.24, 2.45) is 0 Å². The number of fused-ring (bicyclic) bond motifs is 3. The minimum Gasteiger partial charge on any atom is -0.461 e. The van der Waals surface area contributed by atoms with Gasteiger partial charge in [-0.05, 0) is 25.5 Å². The molecule has 2 aliphatic heterocycles. The van der Waals surface area contributed by atoms with Crippen molar-refractivity contribution in [1.29, 1.82) is 0 Å². The first-order valence-electron chi connectivity index (χ1n) is 7.19. The standard InChI is InChI=1S/C16H14N3O2S/c1-2-21-14(20)11-6-5-9-16-8-4-3-7-12(16)18-13(22)10-17-15(18)19(11)16/h4-10H,2-3H2,1H3. The number of carbonyl (C=O) groups is 1. The van der Waals surface area contributed by atoms with Crippen LogP contribution in [0.1, 0.15) is 13.3 Å². The number of hydrogen-bond donors (Lipinski definition) is 0. The van der Waals surface area contributed by atoms with Crippen molar-refractivity contribution in [1.82, 2.24) is 9.55 Å². The van der Waals surface area contributed by atoms with Gasteiger partial charge in [0.25, 0.3) is 0 Å². The molecule has 4 rings (SSSR count). The van der Waals surface area contributed by atoms with Crippen molar-refractivity contribution in [3.63, 3.8) is 0 Å². The molecule has 0 amide bonds. The molecule has 0 fully saturated rings. The predicted molar refractivity (Wildman–Crippen MR) is 85.2 cm³/mol. The van der Waals surface area contributed by atoms with Crippen LogP contribution in [0, 0.1) is 0 Å². The van der Waals surface area contributed by atoms with E-state index in [0.29, 0.717) is 23.3 Å². The second-order valence-electron chi connectivity index (χ2n) is 5.25. The lowest BCUT2D eigenvalue weighted by Crippen LogP contribution is -2.46. The van der Waals surface area contributed by atoms with Gasteiger partial charge in [-0.25, -0.2) is 9.78 Å². The predicted octanol–water partition coefficient (Wildman–Crippen LogP) is 2.82. The van der Waals surface area contributed by atoms with E-state index in [9.17, 15) is 4.79 Å². The van der Waals surface area contributed by atoms with Crippen LogP contribution in [0.25, 0.3) is 5.70 Å². The Balaban J connectivity index is 1.93. The minimum atomic E-state index is -0.535. The monoisotopic (exact) mass is 312 g/mol. The van der Waals surface area contributed by atoms with Crippen molar-refractivity contribution < 1.29 is 9.53 Å². The summed E-state index contributed by atoms with van der Waals surface area (Å²) in [6.07, 6.45) is 14.5. The molecule has 111 valence electrons. The fourth-order valence-electron chi connectivity index (χ4n) is 3.26. The summed E-state index contributed by atoms with van der Waals surface area (Å²) in [7, 11) is 0. The van der Waals surface area contributed by atoms with Gasteiger partial charge in [0.05, 0.1) is 18.5 Å². The molecule has 1 spiro atoms. The molecule has 6 heteroatoms. The van der Waals surface area contributed by atoms with E-state index >= 15 is 0 Å². The molecule has 1 radical (unpaired) electrons. The first-order chi connectivity index (χ1) is 10.7. The third-order valence-electron chi connectivity index (χ3n) is 4.08. The molecule has 3 heterocycles. The zero-order valence-corrected chi connectivity index (χ0v) is 12.8. The minimum absolute atomic E-state index is 0.333. The van der Waals surface area contributed by atoms with Gasteiger partial charge in [-0.1, -0.05) is 36.9 Å². The van der Waals surface area contributed by atoms with E-state index in [2.05, 4.69) is 29.3 Å². The molecule has 0 saturated heterocycles. The highest BCUT2D eigenvalue weighted by molar-refractivity contribution is 7.80. The molecule has 0 N–H and O–H groups in total. The number of ether oxygens (including phenoxy) is 1. The number of esters is 1. The van der Waals surface area contributed by atoms with E-state index in [-0.39, 0.29) is 5.97 Å². The van der Waals surface area contributed by atoms with E-state index in [0.717, 1.165) is 12.1 Å². The van der Waals surface area contributed by atoms with Crippen LogP contribution < -0.4 is 4.90 Å². The summed E-state index contributed by atoms with van der Waals surface area (Å²) in [5.41, 5.74) is 0.964. The van der Waals surface area contributed by atoms with Crippen LogP contribution >= 0.6 is 12.6 Å². The van der Waals surface area contributed by atoms with Crippen molar-refractivity contribution in [2.45, 2.75) is 23.9 Å². The van der Waals surface area contributed by atoms with Crippen LogP contribution in [0.2, 0.25) is 0 Å². The molecule has 1 aromatic rings. The summed E-state index contributed by atoms with van der Waals surface area (Å²) in [6, 6.07) is 0. The lowest BCUT2D eigenvalue weighted by atomic mass is 9.86. The fourth-order valence-corrected chi connectivity index (χ4v) is 3.49. The molecule has 5 nitrogen and oxygen atoms in total. The Morgan fingerprint density at radius 2 is 2.36 bits per heavy atom. The van der Waals surface area contributed by atoms with E-state index in [1.54, 1.807) is 19.2 Å². The Bertz CT molecular complexity index is 787. The fraction of sp³-hybridized carbons (Fsp3) is 0.250. The highest BCUT2D eigenvalue weighted by atomic mass is 32.1. The Kier molecular flexibility index (Phi) is 2.77. The van der Waals surface area contributed by atoms with Gasteiger partial charge in [0.15, 0.2) is 0 Å². The number of imidazole rings is 1. The smallest absolute Gasteiger partial charge is 0.355 e. The number of aromatic nitrogens is 2. The zero-order valence-electron chi connectivity index (χ0n) is 12.0. The lowest BCUT2D eigenvalue weighted by molar-refractivity contribution is -0.138. The van der Waals surface area contributed by atoms with Gasteiger partial charge in [0, 0.05) is 0 Å². The van der Waals surface area contributed by atoms with E-state index in [1.165, 1.54) is 0 Å². The van der Waals surface area contributed by atoms with Crippen molar-refractivity contribution in [3.8, 4) is 0 Å². The topological polar surface area (TPSA) is 47.4 Å². The van der Waals surface area contributed by atoms with Crippen LogP contribution in [0.5, 0.6) is 0 Å². The highest BCUT2D eigenvalue weighted by Crippen LogP contribution is 2.50. The van der Waals surface area contributed by atoms with Crippen LogP contribution in [0.4, 0.5) is 5.95 Å². The van der Waals surface area contributed by atoms with Crippen molar-refractivity contribution in [2.75, 3.05) is 11.5 Å². The molecule has 0 aromatic carbocycles. The number of rotatable bonds is 2. The number of nitrogens with zero attached hydrogens (tertiary/aromatic N) is 3. The number of anilines is 1. The molecular weight excluding hydrogens is 298 g/mol. The number of hydrogen-bond acceptors (Lipinski definition) is 4. The SMILES string of the molecule is CCOC(=O)C1=CC=CC23C=CCC=C2n2c([S])cnc2N13. The van der Waals surface area contributed by atoms with Crippen LogP contribution in [-0.4, -0.2) is 27.7 Å². The van der Waals surface area contributed by atoms with Gasteiger partial charge < -0.3 is 4.74 Å². The van der Waals surface area contributed by atoms with Crippen molar-refractivity contribution >= 4 is 30.2 Å². The maximum absolute atomic E-state index is 12.4. The second kappa shape index (κ2) is 4.58. The van der Waals surface area contributed by atoms with E-state index in [1.807, 2.05) is 15.5 Å². The summed E-state index contributed by atoms with van der Waals surface area (Å²) in [5, 5.41) is 0.641.